The molecule has 4 atom stereocenters. The Morgan fingerprint density at radius 2 is 2.17 bits per heavy atom. The Labute approximate surface area is 216 Å². The number of carbonyl (C=O) groups excluding carboxylic acids is 1. The van der Waals surface area contributed by atoms with Crippen LogP contribution in [0.15, 0.2) is 36.8 Å². The number of halogens is 1. The average Bonchev–Trinajstić information content (AvgIpc) is 3.38. The zero-order valence-corrected chi connectivity index (χ0v) is 21.4. The molecule has 2 aromatic heterocycles. The largest absolute Gasteiger partial charge is 0.393 e. The molecule has 0 spiro atoms. The topological polar surface area (TPSA) is 178 Å². The highest BCUT2D eigenvalue weighted by atomic mass is 35.5. The van der Waals surface area contributed by atoms with Gasteiger partial charge in [0.05, 0.1) is 24.0 Å². The fourth-order valence-electron chi connectivity index (χ4n) is 4.09. The van der Waals surface area contributed by atoms with Gasteiger partial charge in [-0.2, -0.15) is 8.42 Å². The summed E-state index contributed by atoms with van der Waals surface area (Å²) in [7, 11) is -4.11. The molecule has 5 N–H and O–H groups in total. The summed E-state index contributed by atoms with van der Waals surface area (Å²) < 4.78 is 26.7. The van der Waals surface area contributed by atoms with E-state index in [0.717, 1.165) is 11.3 Å². The third kappa shape index (κ3) is 6.24. The summed E-state index contributed by atoms with van der Waals surface area (Å²) in [6.45, 7) is 1.52. The number of nitrogens with two attached hydrogens (primary N) is 1. The number of aromatic nitrogens is 3. The maximum atomic E-state index is 13.3. The predicted octanol–water partition coefficient (Wildman–Crippen LogP) is 1.98. The number of rotatable bonds is 9. The molecule has 1 aromatic carbocycles. The Bertz CT molecular complexity index is 1370. The number of hydrogen-bond acceptors (Lipinski definition) is 11. The van der Waals surface area contributed by atoms with Gasteiger partial charge in [0.15, 0.2) is 5.01 Å². The number of carbonyl (C=O) groups is 1. The van der Waals surface area contributed by atoms with E-state index in [1.54, 1.807) is 31.2 Å². The predicted molar refractivity (Wildman–Crippen MR) is 133 cm³/mol. The second kappa shape index (κ2) is 10.8. The first-order valence-corrected chi connectivity index (χ1v) is 13.6. The molecule has 14 heteroatoms. The van der Waals surface area contributed by atoms with E-state index in [4.69, 9.17) is 16.7 Å². The number of aryl methyl sites for hydroxylation is 1. The lowest BCUT2D eigenvalue weighted by molar-refractivity contribution is 0.101. The first-order valence-electron chi connectivity index (χ1n) is 10.9. The van der Waals surface area contributed by atoms with Crippen molar-refractivity contribution >= 4 is 44.8 Å². The molecule has 0 bridgehead atoms. The molecule has 192 valence electrons. The number of nitrogens with one attached hydrogen (secondary N) is 1. The molecule has 36 heavy (non-hydrogen) atoms. The maximum Gasteiger partial charge on any atom is 0.333 e. The molecule has 0 unspecified atom stereocenters. The van der Waals surface area contributed by atoms with Gasteiger partial charge >= 0.3 is 10.3 Å². The van der Waals surface area contributed by atoms with Gasteiger partial charge in [0.25, 0.3) is 0 Å². The van der Waals surface area contributed by atoms with Crippen LogP contribution in [0.4, 0.5) is 5.82 Å². The van der Waals surface area contributed by atoms with Crippen molar-refractivity contribution in [3.05, 3.63) is 68.5 Å². The van der Waals surface area contributed by atoms with Gasteiger partial charge in [-0.15, -0.1) is 11.3 Å². The van der Waals surface area contributed by atoms with E-state index in [2.05, 4.69) is 24.5 Å². The molecule has 1 fully saturated rings. The van der Waals surface area contributed by atoms with Gasteiger partial charge in [-0.3, -0.25) is 8.98 Å². The molecule has 1 aliphatic rings. The molecule has 0 saturated heterocycles. The van der Waals surface area contributed by atoms with E-state index < -0.39 is 34.2 Å². The van der Waals surface area contributed by atoms with Crippen LogP contribution in [0.2, 0.25) is 5.02 Å². The van der Waals surface area contributed by atoms with Crippen LogP contribution >= 0.6 is 22.9 Å². The van der Waals surface area contributed by atoms with Crippen LogP contribution in [0.3, 0.4) is 0 Å². The number of aliphatic hydroxyl groups excluding tert-OH is 2. The van der Waals surface area contributed by atoms with Gasteiger partial charge in [-0.1, -0.05) is 23.7 Å². The molecule has 4 rings (SSSR count). The minimum Gasteiger partial charge on any atom is -0.393 e. The smallest absolute Gasteiger partial charge is 0.333 e. The standard InChI is InChI=1S/C22H24ClN5O6S2/c1-11-18(19(30)12-3-2-4-14(23)5-12)28-22(35-11)20(31)16-8-25-10-26-21(16)27-15-6-13(17(29)7-15)9-34-36(24,32)33/h2-5,8,10,13,15,17,19,29-30H,6-7,9H2,1H3,(H2,24,32,33)(H,25,26,27)/t13-,15-,17+,19-/m1/s1. The van der Waals surface area contributed by atoms with E-state index in [1.165, 1.54) is 12.5 Å². The second-order valence-electron chi connectivity index (χ2n) is 8.45. The molecular weight excluding hydrogens is 530 g/mol. The molecule has 2 heterocycles. The summed E-state index contributed by atoms with van der Waals surface area (Å²) in [4.78, 5) is 26.6. The van der Waals surface area contributed by atoms with Crippen LogP contribution in [0.1, 0.15) is 50.4 Å². The third-order valence-corrected chi connectivity index (χ3v) is 7.54. The van der Waals surface area contributed by atoms with Crippen molar-refractivity contribution in [1.29, 1.82) is 0 Å². The number of benzene rings is 1. The van der Waals surface area contributed by atoms with Gasteiger partial charge in [0.2, 0.25) is 5.78 Å². The molecule has 0 aliphatic heterocycles. The molecule has 1 aliphatic carbocycles. The Hall–Kier alpha value is -2.52. The highest BCUT2D eigenvalue weighted by Gasteiger charge is 2.35. The normalized spacial score (nSPS) is 20.9. The minimum absolute atomic E-state index is 0.160. The molecule has 0 amide bonds. The average molecular weight is 554 g/mol. The van der Waals surface area contributed by atoms with Crippen molar-refractivity contribution in [1.82, 2.24) is 15.0 Å². The summed E-state index contributed by atoms with van der Waals surface area (Å²) in [6, 6.07) is 6.48. The first-order chi connectivity index (χ1) is 17.0. The second-order valence-corrected chi connectivity index (χ2v) is 11.3. The van der Waals surface area contributed by atoms with Crippen molar-refractivity contribution in [3.63, 3.8) is 0 Å². The van der Waals surface area contributed by atoms with Crippen LogP contribution in [0.5, 0.6) is 0 Å². The molecule has 3 aromatic rings. The number of hydrogen-bond donors (Lipinski definition) is 4. The summed E-state index contributed by atoms with van der Waals surface area (Å²) >= 11 is 7.18. The maximum absolute atomic E-state index is 13.3. The van der Waals surface area contributed by atoms with Crippen LogP contribution in [0.25, 0.3) is 0 Å². The fourth-order valence-corrected chi connectivity index (χ4v) is 5.56. The number of nitrogens with zero attached hydrogens (tertiary/aromatic N) is 3. The van der Waals surface area contributed by atoms with E-state index in [-0.39, 0.29) is 29.0 Å². The van der Waals surface area contributed by atoms with Crippen molar-refractivity contribution < 1.29 is 27.6 Å². The van der Waals surface area contributed by atoms with Crippen molar-refractivity contribution in [2.45, 2.75) is 38.0 Å². The third-order valence-electron chi connectivity index (χ3n) is 5.85. The Morgan fingerprint density at radius 1 is 1.39 bits per heavy atom. The highest BCUT2D eigenvalue weighted by molar-refractivity contribution is 7.84. The number of anilines is 1. The number of ketones is 1. The van der Waals surface area contributed by atoms with Crippen molar-refractivity contribution in [3.8, 4) is 0 Å². The highest BCUT2D eigenvalue weighted by Crippen LogP contribution is 2.32. The van der Waals surface area contributed by atoms with E-state index in [9.17, 15) is 23.4 Å². The van der Waals surface area contributed by atoms with Gasteiger partial charge in [-0.05, 0) is 37.5 Å². The lowest BCUT2D eigenvalue weighted by Crippen LogP contribution is -2.24. The minimum atomic E-state index is -4.11. The summed E-state index contributed by atoms with van der Waals surface area (Å²) in [6.07, 6.45) is 1.45. The molecule has 11 nitrogen and oxygen atoms in total. The SMILES string of the molecule is Cc1sc(C(=O)c2cncnc2N[C@@H]2C[C@H](COS(N)(=O)=O)[C@@H](O)C2)nc1[C@H](O)c1cccc(Cl)c1. The lowest BCUT2D eigenvalue weighted by Gasteiger charge is -2.15. The molecular formula is C22H24ClN5O6S2. The van der Waals surface area contributed by atoms with Crippen LogP contribution in [-0.2, 0) is 14.5 Å². The van der Waals surface area contributed by atoms with Gasteiger partial charge in [0.1, 0.15) is 18.2 Å². The van der Waals surface area contributed by atoms with E-state index in [1.807, 2.05) is 0 Å². The van der Waals surface area contributed by atoms with Crippen molar-refractivity contribution in [2.75, 3.05) is 11.9 Å². The number of aliphatic hydroxyl groups is 2. The van der Waals surface area contributed by atoms with Crippen LogP contribution in [-0.4, -0.2) is 58.1 Å². The van der Waals surface area contributed by atoms with Crippen molar-refractivity contribution in [2.24, 2.45) is 11.1 Å². The van der Waals surface area contributed by atoms with Crippen LogP contribution < -0.4 is 10.5 Å². The van der Waals surface area contributed by atoms with E-state index >= 15 is 0 Å². The Morgan fingerprint density at radius 3 is 2.89 bits per heavy atom. The quantitative estimate of drug-likeness (QED) is 0.286. The van der Waals surface area contributed by atoms with Gasteiger partial charge in [0, 0.05) is 28.1 Å². The fraction of sp³-hybridized carbons (Fsp3) is 0.364. The number of thiazole rings is 1. The molecule has 0 radical (unpaired) electrons. The Kier molecular flexibility index (Phi) is 7.99. The summed E-state index contributed by atoms with van der Waals surface area (Å²) in [5, 5.41) is 29.7. The lowest BCUT2D eigenvalue weighted by atomic mass is 10.1. The van der Waals surface area contributed by atoms with Gasteiger partial charge < -0.3 is 15.5 Å². The zero-order chi connectivity index (χ0) is 26.0. The van der Waals surface area contributed by atoms with Gasteiger partial charge in [-0.25, -0.2) is 20.1 Å². The monoisotopic (exact) mass is 553 g/mol. The zero-order valence-electron chi connectivity index (χ0n) is 19.0. The summed E-state index contributed by atoms with van der Waals surface area (Å²) in [5.74, 6) is -0.632. The summed E-state index contributed by atoms with van der Waals surface area (Å²) in [5.41, 5.74) is 1.09. The van der Waals surface area contributed by atoms with Crippen LogP contribution in [0, 0.1) is 12.8 Å². The first kappa shape index (κ1) is 26.5. The molecule has 1 saturated carbocycles. The van der Waals surface area contributed by atoms with E-state index in [0.29, 0.717) is 34.0 Å². The Balaban J connectivity index is 1.51.